The van der Waals surface area contributed by atoms with Gasteiger partial charge in [0.15, 0.2) is 0 Å². The van der Waals surface area contributed by atoms with Crippen molar-refractivity contribution in [1.29, 1.82) is 0 Å². The van der Waals surface area contributed by atoms with E-state index >= 15 is 0 Å². The first kappa shape index (κ1) is 16.5. The normalized spacial score (nSPS) is 15.7. The molecule has 1 aromatic carbocycles. The molecular weight excluding hydrogens is 285 g/mol. The predicted molar refractivity (Wildman–Crippen MR) is 80.8 cm³/mol. The first-order valence-corrected chi connectivity index (χ1v) is 7.78. The maximum atomic E-state index is 13.0. The summed E-state index contributed by atoms with van der Waals surface area (Å²) in [6, 6.07) is 6.16. The number of ether oxygens (including phenoxy) is 1. The van der Waals surface area contributed by atoms with Crippen LogP contribution in [0.15, 0.2) is 24.3 Å². The van der Waals surface area contributed by atoms with Crippen LogP contribution in [0.4, 0.5) is 4.39 Å². The van der Waals surface area contributed by atoms with Crippen LogP contribution in [-0.4, -0.2) is 25.0 Å². The summed E-state index contributed by atoms with van der Waals surface area (Å²) in [5.41, 5.74) is 0.334. The predicted octanol–water partition coefficient (Wildman–Crippen LogP) is 2.71. The Bertz CT molecular complexity index is 523. The molecule has 5 heteroatoms. The smallest absolute Gasteiger partial charge is 0.305 e. The van der Waals surface area contributed by atoms with Crippen molar-refractivity contribution in [2.24, 2.45) is 0 Å². The summed E-state index contributed by atoms with van der Waals surface area (Å²) in [6.07, 6.45) is 3.42. The average molecular weight is 307 g/mol. The lowest BCUT2D eigenvalue weighted by atomic mass is 9.64. The van der Waals surface area contributed by atoms with Crippen LogP contribution >= 0.6 is 0 Å². The topological polar surface area (TPSA) is 55.4 Å². The highest BCUT2D eigenvalue weighted by molar-refractivity contribution is 5.89. The third kappa shape index (κ3) is 3.64. The Balaban J connectivity index is 1.87. The number of halogens is 1. The molecule has 0 aliphatic heterocycles. The van der Waals surface area contributed by atoms with E-state index in [0.29, 0.717) is 26.0 Å². The summed E-state index contributed by atoms with van der Waals surface area (Å²) >= 11 is 0. The van der Waals surface area contributed by atoms with Gasteiger partial charge in [0, 0.05) is 13.0 Å². The van der Waals surface area contributed by atoms with Gasteiger partial charge in [-0.2, -0.15) is 0 Å². The lowest BCUT2D eigenvalue weighted by Crippen LogP contribution is -2.49. The van der Waals surface area contributed by atoms with Gasteiger partial charge in [0.05, 0.1) is 12.0 Å². The van der Waals surface area contributed by atoms with Crippen molar-refractivity contribution in [2.45, 2.75) is 44.4 Å². The first-order valence-electron chi connectivity index (χ1n) is 7.78. The van der Waals surface area contributed by atoms with E-state index < -0.39 is 5.41 Å². The number of carbonyl (C=O) groups is 2. The Morgan fingerprint density at radius 3 is 2.50 bits per heavy atom. The SMILES string of the molecule is CCOC(=O)CCCNC(=O)C1(c2ccc(F)cc2)CCC1. The van der Waals surface area contributed by atoms with Crippen LogP contribution in [0.25, 0.3) is 0 Å². The molecule has 1 fully saturated rings. The maximum Gasteiger partial charge on any atom is 0.305 e. The van der Waals surface area contributed by atoms with Crippen LogP contribution < -0.4 is 5.32 Å². The van der Waals surface area contributed by atoms with Crippen molar-refractivity contribution in [1.82, 2.24) is 5.32 Å². The molecule has 0 spiro atoms. The Morgan fingerprint density at radius 1 is 1.27 bits per heavy atom. The summed E-state index contributed by atoms with van der Waals surface area (Å²) in [7, 11) is 0. The number of nitrogens with one attached hydrogen (secondary N) is 1. The Morgan fingerprint density at radius 2 is 1.95 bits per heavy atom. The van der Waals surface area contributed by atoms with Crippen molar-refractivity contribution in [2.75, 3.05) is 13.2 Å². The van der Waals surface area contributed by atoms with Gasteiger partial charge in [-0.15, -0.1) is 0 Å². The zero-order valence-corrected chi connectivity index (χ0v) is 12.9. The molecule has 4 nitrogen and oxygen atoms in total. The third-order valence-electron chi connectivity index (χ3n) is 4.19. The summed E-state index contributed by atoms with van der Waals surface area (Å²) in [6.45, 7) is 2.59. The van der Waals surface area contributed by atoms with Crippen LogP contribution in [-0.2, 0) is 19.7 Å². The van der Waals surface area contributed by atoms with Gasteiger partial charge < -0.3 is 10.1 Å². The standard InChI is InChI=1S/C17H22FNO3/c1-2-22-15(20)5-3-12-19-16(21)17(10-4-11-17)13-6-8-14(18)9-7-13/h6-9H,2-5,10-12H2,1H3,(H,19,21). The zero-order valence-electron chi connectivity index (χ0n) is 12.9. The Hall–Kier alpha value is -1.91. The quantitative estimate of drug-likeness (QED) is 0.622. The molecule has 0 atom stereocenters. The fourth-order valence-electron chi connectivity index (χ4n) is 2.78. The summed E-state index contributed by atoms with van der Waals surface area (Å²) in [5.74, 6) is -0.573. The average Bonchev–Trinajstić information content (AvgIpc) is 2.45. The van der Waals surface area contributed by atoms with E-state index in [1.165, 1.54) is 12.1 Å². The minimum atomic E-state index is -0.530. The monoisotopic (exact) mass is 307 g/mol. The zero-order chi connectivity index (χ0) is 16.0. The van der Waals surface area contributed by atoms with Gasteiger partial charge in [-0.05, 0) is 43.9 Å². The Kier molecular flexibility index (Phi) is 5.52. The van der Waals surface area contributed by atoms with E-state index in [-0.39, 0.29) is 17.7 Å². The Labute approximate surface area is 130 Å². The second-order valence-corrected chi connectivity index (χ2v) is 5.61. The summed E-state index contributed by atoms with van der Waals surface area (Å²) < 4.78 is 17.9. The van der Waals surface area contributed by atoms with Gasteiger partial charge in [0.25, 0.3) is 0 Å². The summed E-state index contributed by atoms with van der Waals surface area (Å²) in [4.78, 5) is 23.7. The van der Waals surface area contributed by atoms with E-state index in [1.807, 2.05) is 0 Å². The van der Waals surface area contributed by atoms with E-state index in [0.717, 1.165) is 24.8 Å². The molecular formula is C17H22FNO3. The highest BCUT2D eigenvalue weighted by Gasteiger charge is 2.45. The molecule has 22 heavy (non-hydrogen) atoms. The van der Waals surface area contributed by atoms with Gasteiger partial charge in [-0.3, -0.25) is 9.59 Å². The molecule has 1 aliphatic rings. The first-order chi connectivity index (χ1) is 10.6. The number of esters is 1. The number of amides is 1. The molecule has 0 aromatic heterocycles. The van der Waals surface area contributed by atoms with Crippen molar-refractivity contribution in [3.8, 4) is 0 Å². The lowest BCUT2D eigenvalue weighted by Gasteiger charge is -2.40. The number of rotatable bonds is 7. The van der Waals surface area contributed by atoms with Gasteiger partial charge in [-0.25, -0.2) is 4.39 Å². The number of hydrogen-bond acceptors (Lipinski definition) is 3. The minimum absolute atomic E-state index is 0.0331. The largest absolute Gasteiger partial charge is 0.466 e. The molecule has 1 amide bonds. The molecule has 1 saturated carbocycles. The highest BCUT2D eigenvalue weighted by atomic mass is 19.1. The van der Waals surface area contributed by atoms with E-state index in [2.05, 4.69) is 5.32 Å². The van der Waals surface area contributed by atoms with E-state index in [1.54, 1.807) is 19.1 Å². The summed E-state index contributed by atoms with van der Waals surface area (Å²) in [5, 5.41) is 2.90. The fraction of sp³-hybridized carbons (Fsp3) is 0.529. The molecule has 2 rings (SSSR count). The van der Waals surface area contributed by atoms with Crippen LogP contribution in [0.1, 0.15) is 44.6 Å². The molecule has 1 N–H and O–H groups in total. The number of hydrogen-bond donors (Lipinski definition) is 1. The van der Waals surface area contributed by atoms with Crippen LogP contribution in [0.5, 0.6) is 0 Å². The van der Waals surface area contributed by atoms with Crippen LogP contribution in [0.2, 0.25) is 0 Å². The van der Waals surface area contributed by atoms with E-state index in [9.17, 15) is 14.0 Å². The molecule has 1 aromatic rings. The highest BCUT2D eigenvalue weighted by Crippen LogP contribution is 2.43. The molecule has 0 unspecified atom stereocenters. The molecule has 120 valence electrons. The van der Waals surface area contributed by atoms with Gasteiger partial charge >= 0.3 is 5.97 Å². The second kappa shape index (κ2) is 7.38. The van der Waals surface area contributed by atoms with Crippen LogP contribution in [0, 0.1) is 5.82 Å². The van der Waals surface area contributed by atoms with Gasteiger partial charge in [0.1, 0.15) is 5.82 Å². The molecule has 0 radical (unpaired) electrons. The van der Waals surface area contributed by atoms with Crippen molar-refractivity contribution >= 4 is 11.9 Å². The molecule has 0 bridgehead atoms. The van der Waals surface area contributed by atoms with Crippen molar-refractivity contribution in [3.63, 3.8) is 0 Å². The van der Waals surface area contributed by atoms with Gasteiger partial charge in [-0.1, -0.05) is 18.6 Å². The molecule has 1 aliphatic carbocycles. The number of benzene rings is 1. The molecule has 0 heterocycles. The fourth-order valence-corrected chi connectivity index (χ4v) is 2.78. The van der Waals surface area contributed by atoms with Crippen molar-refractivity contribution in [3.05, 3.63) is 35.6 Å². The molecule has 0 saturated heterocycles. The number of carbonyl (C=O) groups excluding carboxylic acids is 2. The van der Waals surface area contributed by atoms with Gasteiger partial charge in [0.2, 0.25) is 5.91 Å². The van der Waals surface area contributed by atoms with E-state index in [4.69, 9.17) is 4.74 Å². The van der Waals surface area contributed by atoms with Crippen LogP contribution in [0.3, 0.4) is 0 Å². The minimum Gasteiger partial charge on any atom is -0.466 e. The maximum absolute atomic E-state index is 13.0. The third-order valence-corrected chi connectivity index (χ3v) is 4.19. The lowest BCUT2D eigenvalue weighted by molar-refractivity contribution is -0.143. The van der Waals surface area contributed by atoms with Crippen molar-refractivity contribution < 1.29 is 18.7 Å². The second-order valence-electron chi connectivity index (χ2n) is 5.61.